The molecule has 2 aromatic heterocycles. The number of thiophene rings is 1. The summed E-state index contributed by atoms with van der Waals surface area (Å²) in [5.74, 6) is 0. The van der Waals surface area contributed by atoms with E-state index in [4.69, 9.17) is 0 Å². The molecule has 0 amide bonds. The van der Waals surface area contributed by atoms with E-state index in [9.17, 15) is 5.26 Å². The highest BCUT2D eigenvalue weighted by Gasteiger charge is 2.10. The zero-order valence-corrected chi connectivity index (χ0v) is 11.0. The molecular formula is C14H8N2S2. The number of fused-ring (bicyclic) bond motifs is 1. The molecule has 0 radical (unpaired) electrons. The predicted molar refractivity (Wildman–Crippen MR) is 74.9 cm³/mol. The van der Waals surface area contributed by atoms with Gasteiger partial charge in [-0.3, -0.25) is 4.98 Å². The van der Waals surface area contributed by atoms with Crippen LogP contribution in [0.15, 0.2) is 57.1 Å². The van der Waals surface area contributed by atoms with Gasteiger partial charge in [0.15, 0.2) is 0 Å². The number of hydrogen-bond donors (Lipinski definition) is 0. The molecule has 3 aromatic rings. The molecule has 0 aliphatic heterocycles. The molecule has 0 fully saturated rings. The molecule has 0 aliphatic rings. The Hall–Kier alpha value is -1.83. The van der Waals surface area contributed by atoms with Crippen LogP contribution >= 0.6 is 23.1 Å². The number of aromatic nitrogens is 1. The first kappa shape index (κ1) is 11.3. The van der Waals surface area contributed by atoms with E-state index >= 15 is 0 Å². The SMILES string of the molecule is N#Cc1cnc2ccccc2c1Sc1cccs1. The summed E-state index contributed by atoms with van der Waals surface area (Å²) in [5, 5.41) is 12.3. The van der Waals surface area contributed by atoms with E-state index in [1.807, 2.05) is 35.7 Å². The van der Waals surface area contributed by atoms with Gasteiger partial charge in [0.05, 0.1) is 15.3 Å². The van der Waals surface area contributed by atoms with E-state index in [0.717, 1.165) is 15.8 Å². The maximum Gasteiger partial charge on any atom is 0.102 e. The summed E-state index contributed by atoms with van der Waals surface area (Å²) in [5.41, 5.74) is 1.56. The van der Waals surface area contributed by atoms with Gasteiger partial charge in [0.25, 0.3) is 0 Å². The Balaban J connectivity index is 2.21. The quantitative estimate of drug-likeness (QED) is 0.694. The van der Waals surface area contributed by atoms with Crippen LogP contribution in [0.3, 0.4) is 0 Å². The number of nitrogens with zero attached hydrogens (tertiary/aromatic N) is 2. The molecule has 0 aliphatic carbocycles. The van der Waals surface area contributed by atoms with Crippen LogP contribution in [-0.2, 0) is 0 Å². The molecule has 0 spiro atoms. The van der Waals surface area contributed by atoms with Crippen LogP contribution in [0.25, 0.3) is 10.9 Å². The molecule has 3 rings (SSSR count). The molecule has 18 heavy (non-hydrogen) atoms. The van der Waals surface area contributed by atoms with Crippen LogP contribution in [0.4, 0.5) is 0 Å². The Bertz CT molecular complexity index is 727. The number of pyridine rings is 1. The summed E-state index contributed by atoms with van der Waals surface area (Å²) >= 11 is 3.31. The summed E-state index contributed by atoms with van der Waals surface area (Å²) in [6.45, 7) is 0. The van der Waals surface area contributed by atoms with Crippen LogP contribution < -0.4 is 0 Å². The molecule has 0 saturated carbocycles. The maximum absolute atomic E-state index is 9.21. The number of nitriles is 1. The van der Waals surface area contributed by atoms with Crippen LogP contribution in [0.1, 0.15) is 5.56 Å². The van der Waals surface area contributed by atoms with Crippen molar-refractivity contribution >= 4 is 34.0 Å². The largest absolute Gasteiger partial charge is 0.255 e. The van der Waals surface area contributed by atoms with Gasteiger partial charge in [0.1, 0.15) is 6.07 Å². The Morgan fingerprint density at radius 2 is 2.06 bits per heavy atom. The first-order valence-electron chi connectivity index (χ1n) is 5.37. The lowest BCUT2D eigenvalue weighted by molar-refractivity contribution is 1.30. The molecular weight excluding hydrogens is 260 g/mol. The normalized spacial score (nSPS) is 10.4. The summed E-state index contributed by atoms with van der Waals surface area (Å²) in [4.78, 5) is 5.30. The highest BCUT2D eigenvalue weighted by atomic mass is 32.2. The number of rotatable bonds is 2. The lowest BCUT2D eigenvalue weighted by atomic mass is 10.2. The second-order valence-corrected chi connectivity index (χ2v) is 5.92. The third-order valence-corrected chi connectivity index (χ3v) is 4.73. The van der Waals surface area contributed by atoms with Gasteiger partial charge in [-0.15, -0.1) is 11.3 Å². The van der Waals surface area contributed by atoms with E-state index in [1.54, 1.807) is 29.3 Å². The molecule has 0 bridgehead atoms. The van der Waals surface area contributed by atoms with Crippen molar-refractivity contribution in [2.75, 3.05) is 0 Å². The van der Waals surface area contributed by atoms with Gasteiger partial charge in [-0.1, -0.05) is 36.0 Å². The molecule has 86 valence electrons. The van der Waals surface area contributed by atoms with Crippen molar-refractivity contribution in [1.29, 1.82) is 5.26 Å². The van der Waals surface area contributed by atoms with Gasteiger partial charge in [-0.2, -0.15) is 5.26 Å². The van der Waals surface area contributed by atoms with Crippen molar-refractivity contribution in [3.8, 4) is 6.07 Å². The second kappa shape index (κ2) is 4.81. The van der Waals surface area contributed by atoms with Crippen LogP contribution in [0.2, 0.25) is 0 Å². The fourth-order valence-corrected chi connectivity index (χ4v) is 3.62. The van der Waals surface area contributed by atoms with Gasteiger partial charge in [-0.25, -0.2) is 0 Å². The van der Waals surface area contributed by atoms with Crippen molar-refractivity contribution in [1.82, 2.24) is 4.98 Å². The molecule has 4 heteroatoms. The molecule has 2 heterocycles. The van der Waals surface area contributed by atoms with E-state index in [0.29, 0.717) is 5.56 Å². The molecule has 2 nitrogen and oxygen atoms in total. The standard InChI is InChI=1S/C14H8N2S2/c15-8-10-9-16-12-5-2-1-4-11(12)14(10)18-13-6-3-7-17-13/h1-7,9H. The van der Waals surface area contributed by atoms with E-state index < -0.39 is 0 Å². The first-order chi connectivity index (χ1) is 8.88. The Morgan fingerprint density at radius 3 is 2.83 bits per heavy atom. The van der Waals surface area contributed by atoms with Crippen molar-refractivity contribution in [2.45, 2.75) is 9.10 Å². The minimum absolute atomic E-state index is 0.632. The van der Waals surface area contributed by atoms with Crippen molar-refractivity contribution in [3.63, 3.8) is 0 Å². The summed E-state index contributed by atoms with van der Waals surface area (Å²) in [6.07, 6.45) is 1.65. The Labute approximate surface area is 113 Å². The third-order valence-electron chi connectivity index (χ3n) is 2.54. The minimum Gasteiger partial charge on any atom is -0.255 e. The zero-order chi connectivity index (χ0) is 12.4. The lowest BCUT2D eigenvalue weighted by Gasteiger charge is -2.06. The van der Waals surface area contributed by atoms with Gasteiger partial charge in [0.2, 0.25) is 0 Å². The minimum atomic E-state index is 0.632. The highest BCUT2D eigenvalue weighted by Crippen LogP contribution is 2.37. The summed E-state index contributed by atoms with van der Waals surface area (Å²) in [7, 11) is 0. The monoisotopic (exact) mass is 268 g/mol. The molecule has 0 unspecified atom stereocenters. The van der Waals surface area contributed by atoms with Crippen LogP contribution in [0, 0.1) is 11.3 Å². The van der Waals surface area contributed by atoms with E-state index in [-0.39, 0.29) is 0 Å². The number of para-hydroxylation sites is 1. The third kappa shape index (κ3) is 1.99. The van der Waals surface area contributed by atoms with E-state index in [1.165, 1.54) is 4.21 Å². The first-order valence-corrected chi connectivity index (χ1v) is 7.07. The van der Waals surface area contributed by atoms with Gasteiger partial charge >= 0.3 is 0 Å². The van der Waals surface area contributed by atoms with Crippen LogP contribution in [0.5, 0.6) is 0 Å². The van der Waals surface area contributed by atoms with Crippen molar-refractivity contribution in [3.05, 3.63) is 53.5 Å². The molecule has 0 N–H and O–H groups in total. The van der Waals surface area contributed by atoms with Gasteiger partial charge < -0.3 is 0 Å². The second-order valence-electron chi connectivity index (χ2n) is 3.66. The van der Waals surface area contributed by atoms with Gasteiger partial charge in [-0.05, 0) is 17.5 Å². The Morgan fingerprint density at radius 1 is 1.17 bits per heavy atom. The molecule has 0 saturated heterocycles. The van der Waals surface area contributed by atoms with E-state index in [2.05, 4.69) is 17.1 Å². The predicted octanol–water partition coefficient (Wildman–Crippen LogP) is 4.32. The van der Waals surface area contributed by atoms with Crippen LogP contribution in [-0.4, -0.2) is 4.98 Å². The summed E-state index contributed by atoms with van der Waals surface area (Å²) in [6, 6.07) is 14.2. The number of hydrogen-bond acceptors (Lipinski definition) is 4. The fraction of sp³-hybridized carbons (Fsp3) is 0. The van der Waals surface area contributed by atoms with Gasteiger partial charge in [0, 0.05) is 16.5 Å². The van der Waals surface area contributed by atoms with Crippen molar-refractivity contribution < 1.29 is 0 Å². The Kier molecular flexibility index (Phi) is 3.01. The highest BCUT2D eigenvalue weighted by molar-refractivity contribution is 8.01. The lowest BCUT2D eigenvalue weighted by Crippen LogP contribution is -1.87. The molecule has 0 atom stereocenters. The average Bonchev–Trinajstić information content (AvgIpc) is 2.92. The fourth-order valence-electron chi connectivity index (χ4n) is 1.73. The molecule has 1 aromatic carbocycles. The smallest absolute Gasteiger partial charge is 0.102 e. The summed E-state index contributed by atoms with van der Waals surface area (Å²) < 4.78 is 1.18. The zero-order valence-electron chi connectivity index (χ0n) is 9.33. The topological polar surface area (TPSA) is 36.7 Å². The maximum atomic E-state index is 9.21. The van der Waals surface area contributed by atoms with Crippen molar-refractivity contribution in [2.24, 2.45) is 0 Å². The number of benzene rings is 1. The average molecular weight is 268 g/mol.